The Morgan fingerprint density at radius 3 is 2.64 bits per heavy atom. The van der Waals surface area contributed by atoms with Gasteiger partial charge in [-0.05, 0) is 32.4 Å². The molecule has 0 aromatic carbocycles. The van der Waals surface area contributed by atoms with Gasteiger partial charge in [0, 0.05) is 19.3 Å². The summed E-state index contributed by atoms with van der Waals surface area (Å²) in [5.41, 5.74) is 0.327. The van der Waals surface area contributed by atoms with Crippen LogP contribution in [-0.2, 0) is 21.0 Å². The number of carbonyl (C=O) groups is 2. The van der Waals surface area contributed by atoms with Crippen LogP contribution >= 0.6 is 11.6 Å². The van der Waals surface area contributed by atoms with E-state index in [0.717, 1.165) is 5.56 Å². The van der Waals surface area contributed by atoms with E-state index in [4.69, 9.17) is 16.4 Å². The number of rotatable bonds is 3. The molecule has 2 rings (SSSR count). The summed E-state index contributed by atoms with van der Waals surface area (Å²) in [5.74, 6) is -0.418. The molecule has 0 spiro atoms. The van der Waals surface area contributed by atoms with E-state index in [0.29, 0.717) is 24.8 Å². The van der Waals surface area contributed by atoms with Crippen molar-refractivity contribution < 1.29 is 14.4 Å². The minimum atomic E-state index is -0.588. The predicted octanol–water partition coefficient (Wildman–Crippen LogP) is 1.88. The number of aromatic nitrogens is 1. The van der Waals surface area contributed by atoms with Gasteiger partial charge in [-0.25, -0.2) is 9.78 Å². The fraction of sp³-hybridized carbons (Fsp3) is 0.533. The van der Waals surface area contributed by atoms with Gasteiger partial charge in [0.25, 0.3) is 0 Å². The van der Waals surface area contributed by atoms with Gasteiger partial charge in [0.1, 0.15) is 11.7 Å². The molecule has 120 valence electrons. The molecule has 0 atom stereocenters. The topological polar surface area (TPSA) is 62.7 Å². The lowest BCUT2D eigenvalue weighted by atomic mass is 9.98. The van der Waals surface area contributed by atoms with E-state index in [-0.39, 0.29) is 18.4 Å². The minimum Gasteiger partial charge on any atom is -0.367 e. The number of amides is 1. The van der Waals surface area contributed by atoms with Gasteiger partial charge in [0.15, 0.2) is 0 Å². The van der Waals surface area contributed by atoms with Gasteiger partial charge in [0.05, 0.1) is 12.0 Å². The third kappa shape index (κ3) is 4.42. The second kappa shape index (κ2) is 6.62. The van der Waals surface area contributed by atoms with Crippen molar-refractivity contribution in [1.82, 2.24) is 14.9 Å². The second-order valence-electron chi connectivity index (χ2n) is 6.30. The van der Waals surface area contributed by atoms with Crippen LogP contribution in [0.4, 0.5) is 0 Å². The van der Waals surface area contributed by atoms with Gasteiger partial charge in [0.2, 0.25) is 5.91 Å². The highest BCUT2D eigenvalue weighted by molar-refractivity contribution is 6.29. The third-order valence-electron chi connectivity index (χ3n) is 3.27. The molecule has 0 bridgehead atoms. The SMILES string of the molecule is CC(C)(C)C(=O)ON1CCN(Cc2ccc(Cl)nc2)C(=O)C1. The molecule has 6 nitrogen and oxygen atoms in total. The maximum absolute atomic E-state index is 12.2. The molecule has 22 heavy (non-hydrogen) atoms. The fourth-order valence-corrected chi connectivity index (χ4v) is 2.02. The van der Waals surface area contributed by atoms with Crippen LogP contribution in [0, 0.1) is 5.41 Å². The van der Waals surface area contributed by atoms with Gasteiger partial charge >= 0.3 is 5.97 Å². The van der Waals surface area contributed by atoms with Crippen LogP contribution in [0.5, 0.6) is 0 Å². The highest BCUT2D eigenvalue weighted by Gasteiger charge is 2.30. The summed E-state index contributed by atoms with van der Waals surface area (Å²) in [6.07, 6.45) is 1.65. The van der Waals surface area contributed by atoms with Gasteiger partial charge in [-0.2, -0.15) is 0 Å². The summed E-state index contributed by atoms with van der Waals surface area (Å²) in [6.45, 7) is 6.88. The molecule has 0 radical (unpaired) electrons. The largest absolute Gasteiger partial charge is 0.367 e. The Hall–Kier alpha value is -1.66. The molecule has 7 heteroatoms. The Morgan fingerprint density at radius 1 is 1.36 bits per heavy atom. The minimum absolute atomic E-state index is 0.0723. The molecule has 0 saturated carbocycles. The van der Waals surface area contributed by atoms with Crippen LogP contribution in [0.3, 0.4) is 0 Å². The monoisotopic (exact) mass is 325 g/mol. The van der Waals surface area contributed by atoms with Gasteiger partial charge < -0.3 is 9.74 Å². The molecule has 1 aliphatic heterocycles. The van der Waals surface area contributed by atoms with Crippen LogP contribution < -0.4 is 0 Å². The van der Waals surface area contributed by atoms with Crippen molar-refractivity contribution in [3.63, 3.8) is 0 Å². The van der Waals surface area contributed by atoms with E-state index < -0.39 is 5.41 Å². The zero-order chi connectivity index (χ0) is 16.3. The van der Waals surface area contributed by atoms with E-state index in [9.17, 15) is 9.59 Å². The first-order valence-corrected chi connectivity index (χ1v) is 7.49. The number of pyridine rings is 1. The van der Waals surface area contributed by atoms with Gasteiger partial charge in [-0.3, -0.25) is 4.79 Å². The number of piperazine rings is 1. The smallest absolute Gasteiger partial charge is 0.330 e. The standard InChI is InChI=1S/C15H20ClN3O3/c1-15(2,3)14(21)22-19-7-6-18(13(20)10-19)9-11-4-5-12(16)17-8-11/h4-5,8H,6-7,9-10H2,1-3H3. The molecule has 1 aromatic rings. The number of carbonyl (C=O) groups excluding carboxylic acids is 2. The van der Waals surface area contributed by atoms with Crippen molar-refractivity contribution in [3.8, 4) is 0 Å². The number of halogens is 1. The first-order valence-electron chi connectivity index (χ1n) is 7.11. The maximum atomic E-state index is 12.2. The summed E-state index contributed by atoms with van der Waals surface area (Å²) in [6, 6.07) is 3.54. The average molecular weight is 326 g/mol. The number of nitrogens with zero attached hydrogens (tertiary/aromatic N) is 3. The van der Waals surface area contributed by atoms with E-state index in [1.165, 1.54) is 5.06 Å². The summed E-state index contributed by atoms with van der Waals surface area (Å²) in [4.78, 5) is 35.0. The molecule has 1 fully saturated rings. The highest BCUT2D eigenvalue weighted by Crippen LogP contribution is 2.17. The summed E-state index contributed by atoms with van der Waals surface area (Å²) in [7, 11) is 0. The van der Waals surface area contributed by atoms with Crippen LogP contribution in [0.25, 0.3) is 0 Å². The molecule has 2 heterocycles. The van der Waals surface area contributed by atoms with Crippen molar-refractivity contribution in [2.75, 3.05) is 19.6 Å². The second-order valence-corrected chi connectivity index (χ2v) is 6.68. The number of hydrogen-bond donors (Lipinski definition) is 0. The molecule has 0 unspecified atom stereocenters. The van der Waals surface area contributed by atoms with Crippen molar-refractivity contribution in [2.24, 2.45) is 5.41 Å². The molecule has 1 aromatic heterocycles. The third-order valence-corrected chi connectivity index (χ3v) is 3.49. The van der Waals surface area contributed by atoms with Crippen molar-refractivity contribution >= 4 is 23.5 Å². The molecule has 1 aliphatic rings. The maximum Gasteiger partial charge on any atom is 0.330 e. The predicted molar refractivity (Wildman–Crippen MR) is 81.8 cm³/mol. The van der Waals surface area contributed by atoms with Crippen molar-refractivity contribution in [2.45, 2.75) is 27.3 Å². The van der Waals surface area contributed by atoms with Crippen LogP contribution in [-0.4, -0.2) is 46.5 Å². The summed E-state index contributed by atoms with van der Waals surface area (Å²) in [5, 5.41) is 1.85. The summed E-state index contributed by atoms with van der Waals surface area (Å²) < 4.78 is 0. The molecule has 1 amide bonds. The average Bonchev–Trinajstić information content (AvgIpc) is 2.43. The normalized spacial score (nSPS) is 16.7. The lowest BCUT2D eigenvalue weighted by molar-refractivity contribution is -0.208. The zero-order valence-electron chi connectivity index (χ0n) is 13.0. The van der Waals surface area contributed by atoms with E-state index in [1.807, 2.05) is 6.07 Å². The lowest BCUT2D eigenvalue weighted by Crippen LogP contribution is -2.51. The van der Waals surface area contributed by atoms with E-state index in [2.05, 4.69) is 4.98 Å². The molecular formula is C15H20ClN3O3. The van der Waals surface area contributed by atoms with Crippen LogP contribution in [0.15, 0.2) is 18.3 Å². The number of hydrogen-bond acceptors (Lipinski definition) is 5. The van der Waals surface area contributed by atoms with E-state index >= 15 is 0 Å². The fourth-order valence-electron chi connectivity index (χ4n) is 1.91. The Morgan fingerprint density at radius 2 is 2.09 bits per heavy atom. The van der Waals surface area contributed by atoms with Gasteiger partial charge in [-0.15, -0.1) is 5.06 Å². The van der Waals surface area contributed by atoms with Crippen molar-refractivity contribution in [3.05, 3.63) is 29.0 Å². The highest BCUT2D eigenvalue weighted by atomic mass is 35.5. The Balaban J connectivity index is 1.89. The van der Waals surface area contributed by atoms with E-state index in [1.54, 1.807) is 37.9 Å². The zero-order valence-corrected chi connectivity index (χ0v) is 13.8. The molecule has 0 N–H and O–H groups in total. The van der Waals surface area contributed by atoms with Crippen molar-refractivity contribution in [1.29, 1.82) is 0 Å². The van der Waals surface area contributed by atoms with Gasteiger partial charge in [-0.1, -0.05) is 17.7 Å². The Labute approximate surface area is 135 Å². The Bertz CT molecular complexity index is 554. The van der Waals surface area contributed by atoms with Crippen LogP contribution in [0.1, 0.15) is 26.3 Å². The Kier molecular flexibility index (Phi) is 5.03. The molecule has 1 saturated heterocycles. The summed E-state index contributed by atoms with van der Waals surface area (Å²) >= 11 is 5.74. The lowest BCUT2D eigenvalue weighted by Gasteiger charge is -2.34. The molecule has 0 aliphatic carbocycles. The first kappa shape index (κ1) is 16.7. The molecular weight excluding hydrogens is 306 g/mol. The first-order chi connectivity index (χ1) is 10.3. The quantitative estimate of drug-likeness (QED) is 0.794. The number of hydroxylamine groups is 2. The van der Waals surface area contributed by atoms with Crippen LogP contribution in [0.2, 0.25) is 5.15 Å².